The van der Waals surface area contributed by atoms with Gasteiger partial charge >= 0.3 is 24.0 Å². The minimum atomic E-state index is -6.43. The SMILES string of the molecule is O=C(COc1ccc([S+](c2ccccc2)c2ccccc2)cc1)OCCC(F)(F)C(F)(F)C(F)(F)F. The molecule has 0 aliphatic carbocycles. The number of hydrogen-bond acceptors (Lipinski definition) is 3. The van der Waals surface area contributed by atoms with Crippen molar-refractivity contribution in [2.45, 2.75) is 39.1 Å². The fraction of sp³-hybridized carbons (Fsp3) is 0.240. The Kier molecular flexibility index (Phi) is 8.55. The predicted octanol–water partition coefficient (Wildman–Crippen LogP) is 6.93. The van der Waals surface area contributed by atoms with E-state index in [-0.39, 0.29) is 5.75 Å². The van der Waals surface area contributed by atoms with Gasteiger partial charge in [-0.2, -0.15) is 30.7 Å². The predicted molar refractivity (Wildman–Crippen MR) is 119 cm³/mol. The highest BCUT2D eigenvalue weighted by atomic mass is 32.2. The third kappa shape index (κ3) is 6.51. The molecule has 3 rings (SSSR count). The average molecular weight is 533 g/mol. The molecule has 3 aromatic rings. The van der Waals surface area contributed by atoms with Crippen molar-refractivity contribution in [3.63, 3.8) is 0 Å². The molecule has 0 N–H and O–H groups in total. The van der Waals surface area contributed by atoms with Crippen molar-refractivity contribution in [1.82, 2.24) is 0 Å². The smallest absolute Gasteiger partial charge is 0.459 e. The van der Waals surface area contributed by atoms with E-state index < -0.39 is 54.5 Å². The molecule has 3 aromatic carbocycles. The van der Waals surface area contributed by atoms with E-state index in [9.17, 15) is 35.5 Å². The number of carbonyl (C=O) groups is 1. The molecule has 0 bridgehead atoms. The van der Waals surface area contributed by atoms with Crippen LogP contribution in [0.15, 0.2) is 99.6 Å². The van der Waals surface area contributed by atoms with Gasteiger partial charge in [-0.1, -0.05) is 36.4 Å². The van der Waals surface area contributed by atoms with E-state index in [0.717, 1.165) is 14.7 Å². The topological polar surface area (TPSA) is 35.5 Å². The first-order chi connectivity index (χ1) is 16.9. The first kappa shape index (κ1) is 27.4. The second-order valence-electron chi connectivity index (χ2n) is 7.44. The van der Waals surface area contributed by atoms with E-state index >= 15 is 0 Å². The molecule has 0 amide bonds. The molecule has 11 heteroatoms. The number of ether oxygens (including phenoxy) is 2. The Hall–Kier alpha value is -3.21. The van der Waals surface area contributed by atoms with Crippen molar-refractivity contribution in [2.24, 2.45) is 0 Å². The van der Waals surface area contributed by atoms with Crippen LogP contribution >= 0.6 is 0 Å². The van der Waals surface area contributed by atoms with Gasteiger partial charge in [0, 0.05) is 0 Å². The van der Waals surface area contributed by atoms with Gasteiger partial charge in [0.25, 0.3) is 0 Å². The van der Waals surface area contributed by atoms with Crippen molar-refractivity contribution in [2.75, 3.05) is 13.2 Å². The molecule has 36 heavy (non-hydrogen) atoms. The van der Waals surface area contributed by atoms with Crippen LogP contribution in [-0.2, 0) is 20.4 Å². The van der Waals surface area contributed by atoms with E-state index in [1.54, 1.807) is 24.3 Å². The van der Waals surface area contributed by atoms with E-state index in [1.807, 2.05) is 60.7 Å². The van der Waals surface area contributed by atoms with Gasteiger partial charge in [-0.05, 0) is 48.5 Å². The van der Waals surface area contributed by atoms with E-state index in [1.165, 1.54) is 0 Å². The average Bonchev–Trinajstić information content (AvgIpc) is 2.84. The second kappa shape index (κ2) is 11.2. The summed E-state index contributed by atoms with van der Waals surface area (Å²) >= 11 is 0. The first-order valence-corrected chi connectivity index (χ1v) is 11.7. The monoisotopic (exact) mass is 533 g/mol. The van der Waals surface area contributed by atoms with Gasteiger partial charge in [0.1, 0.15) is 5.75 Å². The standard InChI is InChI=1S/C25H20F7O3S/c26-23(27,24(28,29)25(30,31)32)15-16-34-22(33)17-35-18-11-13-21(14-12-18)36(19-7-3-1-4-8-19)20-9-5-2-6-10-20/h1-14H,15-17H2/q+1. The second-order valence-corrected chi connectivity index (χ2v) is 9.47. The van der Waals surface area contributed by atoms with Crippen molar-refractivity contribution in [3.05, 3.63) is 84.9 Å². The lowest BCUT2D eigenvalue weighted by Gasteiger charge is -2.27. The van der Waals surface area contributed by atoms with Gasteiger partial charge in [0.05, 0.1) is 23.9 Å². The minimum absolute atomic E-state index is 0.245. The Bertz CT molecular complexity index is 1080. The summed E-state index contributed by atoms with van der Waals surface area (Å²) in [5.41, 5.74) is 0. The highest BCUT2D eigenvalue weighted by Crippen LogP contribution is 2.47. The zero-order valence-electron chi connectivity index (χ0n) is 18.5. The third-order valence-electron chi connectivity index (χ3n) is 4.87. The molecule has 192 valence electrons. The Morgan fingerprint density at radius 2 is 1.17 bits per heavy atom. The summed E-state index contributed by atoms with van der Waals surface area (Å²) in [6.45, 7) is -2.08. The van der Waals surface area contributed by atoms with Gasteiger partial charge in [0.15, 0.2) is 21.3 Å². The van der Waals surface area contributed by atoms with Crippen molar-refractivity contribution in [3.8, 4) is 5.75 Å². The molecule has 0 saturated heterocycles. The summed E-state index contributed by atoms with van der Waals surface area (Å²) in [6, 6.07) is 26.3. The molecular formula is C25H20F7O3S+. The third-order valence-corrected chi connectivity index (χ3v) is 7.10. The lowest BCUT2D eigenvalue weighted by Crippen LogP contribution is -2.52. The van der Waals surface area contributed by atoms with E-state index in [4.69, 9.17) is 4.74 Å². The van der Waals surface area contributed by atoms with Crippen LogP contribution in [0.3, 0.4) is 0 Å². The number of carbonyl (C=O) groups excluding carboxylic acids is 1. The van der Waals surface area contributed by atoms with Crippen molar-refractivity contribution >= 4 is 16.9 Å². The lowest BCUT2D eigenvalue weighted by atomic mass is 10.1. The zero-order valence-corrected chi connectivity index (χ0v) is 19.3. The van der Waals surface area contributed by atoms with Crippen LogP contribution in [0.2, 0.25) is 0 Å². The molecule has 3 nitrogen and oxygen atoms in total. The number of hydrogen-bond donors (Lipinski definition) is 0. The Balaban J connectivity index is 1.58. The van der Waals surface area contributed by atoms with Gasteiger partial charge < -0.3 is 9.47 Å². The van der Waals surface area contributed by atoms with Gasteiger partial charge in [-0.25, -0.2) is 4.79 Å². The molecule has 0 unspecified atom stereocenters. The number of esters is 1. The molecule has 0 aliphatic heterocycles. The quantitative estimate of drug-likeness (QED) is 0.161. The fourth-order valence-corrected chi connectivity index (χ4v) is 5.12. The molecule has 0 aliphatic rings. The number of benzene rings is 3. The Morgan fingerprint density at radius 1 is 0.694 bits per heavy atom. The molecule has 0 heterocycles. The minimum Gasteiger partial charge on any atom is -0.482 e. The summed E-state index contributed by atoms with van der Waals surface area (Å²) < 4.78 is 98.2. The number of alkyl halides is 7. The van der Waals surface area contributed by atoms with Crippen LogP contribution in [-0.4, -0.2) is 37.2 Å². The summed E-state index contributed by atoms with van der Waals surface area (Å²) in [7, 11) is -0.422. The summed E-state index contributed by atoms with van der Waals surface area (Å²) in [5, 5.41) is 0. The maximum atomic E-state index is 13.3. The van der Waals surface area contributed by atoms with Gasteiger partial charge in [0.2, 0.25) is 0 Å². The Labute approximate surface area is 205 Å². The van der Waals surface area contributed by atoms with Gasteiger partial charge in [-0.15, -0.1) is 0 Å². The summed E-state index contributed by atoms with van der Waals surface area (Å²) in [5.74, 6) is -12.6. The molecule has 0 spiro atoms. The largest absolute Gasteiger partial charge is 0.482 e. The van der Waals surface area contributed by atoms with Crippen LogP contribution in [0.1, 0.15) is 6.42 Å². The maximum Gasteiger partial charge on any atom is 0.459 e. The highest BCUT2D eigenvalue weighted by molar-refractivity contribution is 7.97. The van der Waals surface area contributed by atoms with Crippen LogP contribution in [0.25, 0.3) is 0 Å². The van der Waals surface area contributed by atoms with Crippen LogP contribution in [0.5, 0.6) is 5.75 Å². The molecule has 0 atom stereocenters. The van der Waals surface area contributed by atoms with E-state index in [2.05, 4.69) is 4.74 Å². The molecular weight excluding hydrogens is 513 g/mol. The Morgan fingerprint density at radius 3 is 1.64 bits per heavy atom. The molecule has 0 radical (unpaired) electrons. The number of halogens is 7. The van der Waals surface area contributed by atoms with Crippen molar-refractivity contribution < 1.29 is 45.0 Å². The maximum absolute atomic E-state index is 13.3. The molecule has 0 saturated carbocycles. The zero-order chi connectivity index (χ0) is 26.4. The lowest BCUT2D eigenvalue weighted by molar-refractivity contribution is -0.356. The molecule has 0 aromatic heterocycles. The first-order valence-electron chi connectivity index (χ1n) is 10.5. The number of rotatable bonds is 10. The normalized spacial score (nSPS) is 12.4. The molecule has 0 fully saturated rings. The highest BCUT2D eigenvalue weighted by Gasteiger charge is 2.72. The summed E-state index contributed by atoms with van der Waals surface area (Å²) in [4.78, 5) is 14.8. The van der Waals surface area contributed by atoms with Crippen LogP contribution < -0.4 is 4.74 Å². The van der Waals surface area contributed by atoms with Crippen LogP contribution in [0, 0.1) is 0 Å². The fourth-order valence-electron chi connectivity index (χ4n) is 3.03. The van der Waals surface area contributed by atoms with Crippen LogP contribution in [0.4, 0.5) is 30.7 Å². The van der Waals surface area contributed by atoms with Gasteiger partial charge in [-0.3, -0.25) is 0 Å². The van der Waals surface area contributed by atoms with Crippen molar-refractivity contribution in [1.29, 1.82) is 0 Å². The summed E-state index contributed by atoms with van der Waals surface area (Å²) in [6.07, 6.45) is -8.43. The van der Waals surface area contributed by atoms with E-state index in [0.29, 0.717) is 0 Å².